The highest BCUT2D eigenvalue weighted by Gasteiger charge is 2.07. The molecule has 1 heterocycles. The van der Waals surface area contributed by atoms with Crippen LogP contribution in [0.25, 0.3) is 0 Å². The molecule has 3 rings (SSSR count). The van der Waals surface area contributed by atoms with Gasteiger partial charge in [0.05, 0.1) is 17.4 Å². The van der Waals surface area contributed by atoms with Gasteiger partial charge >= 0.3 is 0 Å². The lowest BCUT2D eigenvalue weighted by atomic mass is 10.2. The quantitative estimate of drug-likeness (QED) is 0.579. The fraction of sp³-hybridized carbons (Fsp3) is 0.0952. The summed E-state index contributed by atoms with van der Waals surface area (Å²) in [6.07, 6.45) is 3.15. The highest BCUT2D eigenvalue weighted by atomic mass is 35.5. The number of hydrogen-bond acceptors (Lipinski definition) is 4. The summed E-state index contributed by atoms with van der Waals surface area (Å²) < 4.78 is 0. The van der Waals surface area contributed by atoms with E-state index in [-0.39, 0.29) is 11.8 Å². The zero-order chi connectivity index (χ0) is 19.9. The molecule has 7 heteroatoms. The summed E-state index contributed by atoms with van der Waals surface area (Å²) >= 11 is 5.86. The Morgan fingerprint density at radius 2 is 1.61 bits per heavy atom. The molecule has 28 heavy (non-hydrogen) atoms. The number of carbonyl (C=O) groups excluding carboxylic acids is 2. The maximum Gasteiger partial charge on any atom is 0.253 e. The number of halogens is 1. The van der Waals surface area contributed by atoms with Gasteiger partial charge in [-0.3, -0.25) is 14.6 Å². The Balaban J connectivity index is 1.62. The van der Waals surface area contributed by atoms with Crippen LogP contribution < -0.4 is 16.0 Å². The van der Waals surface area contributed by atoms with Crippen molar-refractivity contribution in [2.75, 3.05) is 10.6 Å². The molecular formula is C21H19ClN4O2. The van der Waals surface area contributed by atoms with E-state index in [2.05, 4.69) is 20.9 Å². The zero-order valence-corrected chi connectivity index (χ0v) is 16.0. The molecule has 3 aromatic rings. The van der Waals surface area contributed by atoms with Gasteiger partial charge in [0.2, 0.25) is 5.91 Å². The lowest BCUT2D eigenvalue weighted by molar-refractivity contribution is -0.114. The summed E-state index contributed by atoms with van der Waals surface area (Å²) in [6.45, 7) is 1.86. The van der Waals surface area contributed by atoms with Crippen molar-refractivity contribution in [1.29, 1.82) is 0 Å². The highest BCUT2D eigenvalue weighted by Crippen LogP contribution is 2.19. The van der Waals surface area contributed by atoms with E-state index in [1.54, 1.807) is 36.5 Å². The minimum Gasteiger partial charge on any atom is -0.354 e. The number of aromatic nitrogens is 1. The first kappa shape index (κ1) is 19.4. The molecule has 0 radical (unpaired) electrons. The van der Waals surface area contributed by atoms with Crippen molar-refractivity contribution in [2.24, 2.45) is 0 Å². The van der Waals surface area contributed by atoms with E-state index in [0.717, 1.165) is 11.3 Å². The molecule has 0 saturated carbocycles. The largest absolute Gasteiger partial charge is 0.354 e. The third-order valence-electron chi connectivity index (χ3n) is 3.86. The van der Waals surface area contributed by atoms with Gasteiger partial charge in [0.25, 0.3) is 5.91 Å². The van der Waals surface area contributed by atoms with Crippen LogP contribution in [-0.4, -0.2) is 16.8 Å². The number of amides is 2. The van der Waals surface area contributed by atoms with Gasteiger partial charge in [-0.2, -0.15) is 0 Å². The summed E-state index contributed by atoms with van der Waals surface area (Å²) in [5.74, 6) is -0.339. The summed E-state index contributed by atoms with van der Waals surface area (Å²) in [6, 6.07) is 16.3. The van der Waals surface area contributed by atoms with Crippen LogP contribution in [0.15, 0.2) is 67.0 Å². The maximum absolute atomic E-state index is 12.4. The predicted molar refractivity (Wildman–Crippen MR) is 111 cm³/mol. The SMILES string of the molecule is CC(=O)Nc1ccc(Nc2cncc(C(=O)NCc3ccc(Cl)cc3)c2)cc1. The predicted octanol–water partition coefficient (Wildman–Crippen LogP) is 4.37. The molecule has 0 aliphatic carbocycles. The second-order valence-electron chi connectivity index (χ2n) is 6.15. The van der Waals surface area contributed by atoms with Crippen molar-refractivity contribution in [3.8, 4) is 0 Å². The molecule has 0 atom stereocenters. The number of hydrogen-bond donors (Lipinski definition) is 3. The van der Waals surface area contributed by atoms with Gasteiger partial charge in [-0.15, -0.1) is 0 Å². The van der Waals surface area contributed by atoms with E-state index in [0.29, 0.717) is 28.5 Å². The van der Waals surface area contributed by atoms with Crippen LogP contribution in [0.3, 0.4) is 0 Å². The van der Waals surface area contributed by atoms with Crippen LogP contribution in [-0.2, 0) is 11.3 Å². The Bertz CT molecular complexity index is 972. The van der Waals surface area contributed by atoms with Gasteiger partial charge in [0.15, 0.2) is 0 Å². The smallest absolute Gasteiger partial charge is 0.253 e. The molecular weight excluding hydrogens is 376 g/mol. The van der Waals surface area contributed by atoms with E-state index in [1.807, 2.05) is 24.3 Å². The molecule has 0 fully saturated rings. The van der Waals surface area contributed by atoms with Crippen molar-refractivity contribution >= 4 is 40.5 Å². The number of rotatable bonds is 6. The van der Waals surface area contributed by atoms with Crippen LogP contribution in [0.5, 0.6) is 0 Å². The van der Waals surface area contributed by atoms with Gasteiger partial charge < -0.3 is 16.0 Å². The summed E-state index contributed by atoms with van der Waals surface area (Å²) in [7, 11) is 0. The van der Waals surface area contributed by atoms with Crippen molar-refractivity contribution in [1.82, 2.24) is 10.3 Å². The lowest BCUT2D eigenvalue weighted by Crippen LogP contribution is -2.23. The molecule has 0 aliphatic rings. The zero-order valence-electron chi connectivity index (χ0n) is 15.2. The second kappa shape index (κ2) is 9.01. The fourth-order valence-electron chi connectivity index (χ4n) is 2.53. The molecule has 2 amide bonds. The first-order valence-corrected chi connectivity index (χ1v) is 9.00. The Labute approximate surface area is 168 Å². The van der Waals surface area contributed by atoms with Crippen LogP contribution in [0.4, 0.5) is 17.1 Å². The molecule has 0 saturated heterocycles. The average molecular weight is 395 g/mol. The first-order valence-electron chi connectivity index (χ1n) is 8.62. The number of nitrogens with zero attached hydrogens (tertiary/aromatic N) is 1. The van der Waals surface area contributed by atoms with Gasteiger partial charge in [0.1, 0.15) is 0 Å². The standard InChI is InChI=1S/C21H19ClN4O2/c1-14(27)25-18-6-8-19(9-7-18)26-20-10-16(12-23-13-20)21(28)24-11-15-2-4-17(22)5-3-15/h2-10,12-13,26H,11H2,1H3,(H,24,28)(H,25,27). The Kier molecular flexibility index (Phi) is 6.24. The molecule has 0 aliphatic heterocycles. The van der Waals surface area contributed by atoms with Gasteiger partial charge in [0, 0.05) is 36.1 Å². The number of nitrogens with one attached hydrogen (secondary N) is 3. The van der Waals surface area contributed by atoms with Gasteiger partial charge in [-0.25, -0.2) is 0 Å². The number of anilines is 3. The van der Waals surface area contributed by atoms with Crippen LogP contribution in [0.1, 0.15) is 22.8 Å². The number of pyridine rings is 1. The molecule has 2 aromatic carbocycles. The average Bonchev–Trinajstić information content (AvgIpc) is 2.69. The molecule has 0 unspecified atom stereocenters. The van der Waals surface area contributed by atoms with Crippen molar-refractivity contribution < 1.29 is 9.59 Å². The monoisotopic (exact) mass is 394 g/mol. The minimum absolute atomic E-state index is 0.123. The Morgan fingerprint density at radius 1 is 0.929 bits per heavy atom. The number of carbonyl (C=O) groups is 2. The topological polar surface area (TPSA) is 83.1 Å². The summed E-state index contributed by atoms with van der Waals surface area (Å²) in [4.78, 5) is 27.6. The van der Waals surface area contributed by atoms with E-state index in [4.69, 9.17) is 11.6 Å². The summed E-state index contributed by atoms with van der Waals surface area (Å²) in [5, 5.41) is 9.42. The van der Waals surface area contributed by atoms with Gasteiger partial charge in [-0.05, 0) is 48.0 Å². The minimum atomic E-state index is -0.216. The third kappa shape index (κ3) is 5.56. The highest BCUT2D eigenvalue weighted by molar-refractivity contribution is 6.30. The van der Waals surface area contributed by atoms with Crippen LogP contribution in [0.2, 0.25) is 5.02 Å². The first-order chi connectivity index (χ1) is 13.5. The van der Waals surface area contributed by atoms with Crippen molar-refractivity contribution in [2.45, 2.75) is 13.5 Å². The van der Waals surface area contributed by atoms with E-state index < -0.39 is 0 Å². The lowest BCUT2D eigenvalue weighted by Gasteiger charge is -2.10. The maximum atomic E-state index is 12.4. The normalized spacial score (nSPS) is 10.2. The molecule has 3 N–H and O–H groups in total. The molecule has 1 aromatic heterocycles. The molecule has 142 valence electrons. The fourth-order valence-corrected chi connectivity index (χ4v) is 2.65. The second-order valence-corrected chi connectivity index (χ2v) is 6.59. The molecule has 0 spiro atoms. The number of benzene rings is 2. The van der Waals surface area contributed by atoms with E-state index in [1.165, 1.54) is 13.1 Å². The molecule has 0 bridgehead atoms. The Morgan fingerprint density at radius 3 is 2.29 bits per heavy atom. The third-order valence-corrected chi connectivity index (χ3v) is 4.11. The Hall–Kier alpha value is -3.38. The van der Waals surface area contributed by atoms with E-state index in [9.17, 15) is 9.59 Å². The van der Waals surface area contributed by atoms with Crippen molar-refractivity contribution in [3.05, 3.63) is 83.1 Å². The van der Waals surface area contributed by atoms with Crippen molar-refractivity contribution in [3.63, 3.8) is 0 Å². The molecule has 6 nitrogen and oxygen atoms in total. The van der Waals surface area contributed by atoms with Crippen LogP contribution >= 0.6 is 11.6 Å². The van der Waals surface area contributed by atoms with Crippen LogP contribution in [0, 0.1) is 0 Å². The van der Waals surface area contributed by atoms with E-state index >= 15 is 0 Å². The summed E-state index contributed by atoms with van der Waals surface area (Å²) in [5.41, 5.74) is 3.63. The van der Waals surface area contributed by atoms with Gasteiger partial charge in [-0.1, -0.05) is 23.7 Å².